The molecule has 100 valence electrons. The summed E-state index contributed by atoms with van der Waals surface area (Å²) in [5, 5.41) is 3.34. The second kappa shape index (κ2) is 5.38. The molecule has 0 spiro atoms. The Labute approximate surface area is 120 Å². The molecule has 1 aliphatic heterocycles. The molecule has 0 saturated carbocycles. The molecular formula is C15H12N2O2S. The summed E-state index contributed by atoms with van der Waals surface area (Å²) in [5.41, 5.74) is 1.92. The van der Waals surface area contributed by atoms with Gasteiger partial charge in [-0.15, -0.1) is 0 Å². The Hall–Kier alpha value is -2.27. The van der Waals surface area contributed by atoms with Crippen LogP contribution in [0.1, 0.15) is 11.3 Å². The summed E-state index contributed by atoms with van der Waals surface area (Å²) >= 11 is 1.31. The van der Waals surface area contributed by atoms with Gasteiger partial charge in [0.25, 0.3) is 5.91 Å². The van der Waals surface area contributed by atoms with Crippen LogP contribution in [0.15, 0.2) is 57.0 Å². The number of hydrogen-bond acceptors (Lipinski definition) is 4. The van der Waals surface area contributed by atoms with E-state index in [1.807, 2.05) is 31.2 Å². The Morgan fingerprint density at radius 3 is 2.85 bits per heavy atom. The van der Waals surface area contributed by atoms with Crippen LogP contribution in [0.3, 0.4) is 0 Å². The maximum Gasteiger partial charge on any atom is 0.264 e. The van der Waals surface area contributed by atoms with Crippen molar-refractivity contribution < 1.29 is 9.21 Å². The zero-order valence-electron chi connectivity index (χ0n) is 10.8. The Bertz CT molecular complexity index is 702. The number of hydrogen-bond donors (Lipinski definition) is 1. The van der Waals surface area contributed by atoms with E-state index in [-0.39, 0.29) is 5.91 Å². The molecule has 5 heteroatoms. The number of thioether (sulfide) groups is 1. The van der Waals surface area contributed by atoms with E-state index in [4.69, 9.17) is 4.42 Å². The van der Waals surface area contributed by atoms with E-state index in [9.17, 15) is 4.79 Å². The normalized spacial score (nSPS) is 18.8. The van der Waals surface area contributed by atoms with Crippen LogP contribution in [0.2, 0.25) is 0 Å². The van der Waals surface area contributed by atoms with Crippen LogP contribution in [0.25, 0.3) is 6.08 Å². The Morgan fingerprint density at radius 1 is 1.25 bits per heavy atom. The number of furan rings is 1. The molecule has 4 nitrogen and oxygen atoms in total. The lowest BCUT2D eigenvalue weighted by Gasteiger charge is -1.99. The molecule has 1 aromatic carbocycles. The molecule has 0 unspecified atom stereocenters. The number of para-hydroxylation sites is 1. The summed E-state index contributed by atoms with van der Waals surface area (Å²) < 4.78 is 5.21. The first kappa shape index (κ1) is 12.7. The lowest BCUT2D eigenvalue weighted by atomic mass is 10.2. The number of amidine groups is 1. The second-order valence-electron chi connectivity index (χ2n) is 4.28. The predicted molar refractivity (Wildman–Crippen MR) is 80.7 cm³/mol. The third kappa shape index (κ3) is 2.67. The molecule has 2 aromatic rings. The third-order valence-electron chi connectivity index (χ3n) is 2.80. The smallest absolute Gasteiger partial charge is 0.264 e. The van der Waals surface area contributed by atoms with Crippen LogP contribution in [0.5, 0.6) is 0 Å². The van der Waals surface area contributed by atoms with Crippen molar-refractivity contribution in [3.63, 3.8) is 0 Å². The molecule has 0 atom stereocenters. The van der Waals surface area contributed by atoms with Gasteiger partial charge in [-0.25, -0.2) is 4.99 Å². The molecular weight excluding hydrogens is 272 g/mol. The number of nitrogens with zero attached hydrogens (tertiary/aromatic N) is 1. The zero-order valence-corrected chi connectivity index (χ0v) is 11.6. The highest BCUT2D eigenvalue weighted by Crippen LogP contribution is 2.28. The minimum absolute atomic E-state index is 0.154. The Morgan fingerprint density at radius 2 is 2.10 bits per heavy atom. The van der Waals surface area contributed by atoms with Crippen LogP contribution in [-0.2, 0) is 4.79 Å². The maximum absolute atomic E-state index is 11.9. The highest BCUT2D eigenvalue weighted by atomic mass is 32.2. The van der Waals surface area contributed by atoms with E-state index in [0.29, 0.717) is 15.8 Å². The fraction of sp³-hybridized carbons (Fsp3) is 0.0667. The number of aryl methyl sites for hydroxylation is 1. The van der Waals surface area contributed by atoms with Gasteiger partial charge in [0.2, 0.25) is 0 Å². The van der Waals surface area contributed by atoms with Gasteiger partial charge in [-0.3, -0.25) is 4.79 Å². The molecule has 1 N–H and O–H groups in total. The van der Waals surface area contributed by atoms with Crippen molar-refractivity contribution in [1.82, 2.24) is 5.32 Å². The van der Waals surface area contributed by atoms with Crippen molar-refractivity contribution in [3.8, 4) is 0 Å². The number of carbonyl (C=O) groups is 1. The fourth-order valence-electron chi connectivity index (χ4n) is 1.78. The first-order chi connectivity index (χ1) is 9.72. The molecule has 3 rings (SSSR count). The summed E-state index contributed by atoms with van der Waals surface area (Å²) in [6.07, 6.45) is 3.28. The topological polar surface area (TPSA) is 54.6 Å². The summed E-state index contributed by atoms with van der Waals surface area (Å²) in [6.45, 7) is 1.99. The van der Waals surface area contributed by atoms with E-state index < -0.39 is 0 Å². The second-order valence-corrected chi connectivity index (χ2v) is 5.31. The van der Waals surface area contributed by atoms with Gasteiger partial charge in [0.05, 0.1) is 16.9 Å². The minimum atomic E-state index is -0.154. The van der Waals surface area contributed by atoms with Gasteiger partial charge in [0.1, 0.15) is 5.76 Å². The van der Waals surface area contributed by atoms with E-state index in [0.717, 1.165) is 11.3 Å². The molecule has 1 fully saturated rings. The Kier molecular flexibility index (Phi) is 3.43. The van der Waals surface area contributed by atoms with Gasteiger partial charge >= 0.3 is 0 Å². The molecule has 1 amide bonds. The van der Waals surface area contributed by atoms with Gasteiger partial charge in [-0.1, -0.05) is 18.2 Å². The lowest BCUT2D eigenvalue weighted by Crippen LogP contribution is -2.19. The van der Waals surface area contributed by atoms with Crippen LogP contribution in [-0.4, -0.2) is 11.1 Å². The maximum atomic E-state index is 11.9. The third-order valence-corrected chi connectivity index (χ3v) is 3.71. The number of carbonyl (C=O) groups excluding carboxylic acids is 1. The number of amides is 1. The largest absolute Gasteiger partial charge is 0.465 e. The minimum Gasteiger partial charge on any atom is -0.465 e. The van der Waals surface area contributed by atoms with Crippen LogP contribution < -0.4 is 5.32 Å². The van der Waals surface area contributed by atoms with Gasteiger partial charge in [-0.05, 0) is 42.4 Å². The molecule has 0 aliphatic carbocycles. The van der Waals surface area contributed by atoms with Crippen molar-refractivity contribution >= 4 is 34.6 Å². The SMILES string of the molecule is Cc1ccccc1N=C1NC(=O)/C(=C\c2ccco2)S1. The van der Waals surface area contributed by atoms with E-state index in [1.165, 1.54) is 11.8 Å². The van der Waals surface area contributed by atoms with E-state index >= 15 is 0 Å². The van der Waals surface area contributed by atoms with Gasteiger partial charge in [0.15, 0.2) is 5.17 Å². The monoisotopic (exact) mass is 284 g/mol. The summed E-state index contributed by atoms with van der Waals surface area (Å²) in [6, 6.07) is 11.4. The number of benzene rings is 1. The molecule has 0 bridgehead atoms. The summed E-state index contributed by atoms with van der Waals surface area (Å²) in [5.74, 6) is 0.499. The van der Waals surface area contributed by atoms with E-state index in [2.05, 4.69) is 10.3 Å². The van der Waals surface area contributed by atoms with Gasteiger partial charge < -0.3 is 9.73 Å². The average molecular weight is 284 g/mol. The summed E-state index contributed by atoms with van der Waals surface area (Å²) in [7, 11) is 0. The lowest BCUT2D eigenvalue weighted by molar-refractivity contribution is -0.115. The van der Waals surface area contributed by atoms with Crippen molar-refractivity contribution in [2.24, 2.45) is 4.99 Å². The van der Waals surface area contributed by atoms with Crippen LogP contribution in [0, 0.1) is 6.92 Å². The van der Waals surface area contributed by atoms with E-state index in [1.54, 1.807) is 24.5 Å². The quantitative estimate of drug-likeness (QED) is 0.859. The average Bonchev–Trinajstić information content (AvgIpc) is 3.04. The first-order valence-corrected chi connectivity index (χ1v) is 6.93. The molecule has 0 radical (unpaired) electrons. The van der Waals surface area contributed by atoms with Gasteiger partial charge in [0, 0.05) is 6.08 Å². The van der Waals surface area contributed by atoms with Crippen molar-refractivity contribution in [2.75, 3.05) is 0 Å². The van der Waals surface area contributed by atoms with Crippen LogP contribution >= 0.6 is 11.8 Å². The Balaban J connectivity index is 1.85. The highest BCUT2D eigenvalue weighted by molar-refractivity contribution is 8.18. The predicted octanol–water partition coefficient (Wildman–Crippen LogP) is 3.48. The first-order valence-electron chi connectivity index (χ1n) is 6.11. The van der Waals surface area contributed by atoms with Crippen molar-refractivity contribution in [1.29, 1.82) is 0 Å². The highest BCUT2D eigenvalue weighted by Gasteiger charge is 2.24. The summed E-state index contributed by atoms with van der Waals surface area (Å²) in [4.78, 5) is 16.9. The zero-order chi connectivity index (χ0) is 13.9. The number of rotatable bonds is 2. The molecule has 1 saturated heterocycles. The fourth-order valence-corrected chi connectivity index (χ4v) is 2.60. The molecule has 1 aromatic heterocycles. The molecule has 1 aliphatic rings. The molecule has 2 heterocycles. The van der Waals surface area contributed by atoms with Crippen molar-refractivity contribution in [3.05, 3.63) is 58.9 Å². The number of nitrogens with one attached hydrogen (secondary N) is 1. The van der Waals surface area contributed by atoms with Crippen molar-refractivity contribution in [2.45, 2.75) is 6.92 Å². The van der Waals surface area contributed by atoms with Crippen LogP contribution in [0.4, 0.5) is 5.69 Å². The molecule has 20 heavy (non-hydrogen) atoms. The van der Waals surface area contributed by atoms with Gasteiger partial charge in [-0.2, -0.15) is 0 Å². The standard InChI is InChI=1S/C15H12N2O2S/c1-10-5-2-3-7-12(10)16-15-17-14(18)13(20-15)9-11-6-4-8-19-11/h2-9H,1H3,(H,16,17,18)/b13-9+. The number of aliphatic imine (C=N–C) groups is 1.